The second-order valence-corrected chi connectivity index (χ2v) is 11.6. The van der Waals surface area contributed by atoms with E-state index in [4.69, 9.17) is 16.3 Å². The minimum atomic E-state index is -0.860. The zero-order valence-corrected chi connectivity index (χ0v) is 21.5. The normalized spacial score (nSPS) is 29.2. The minimum absolute atomic E-state index is 0.0718. The van der Waals surface area contributed by atoms with Gasteiger partial charge < -0.3 is 20.1 Å². The third-order valence-electron chi connectivity index (χ3n) is 7.60. The Morgan fingerprint density at radius 3 is 2.64 bits per heavy atom. The van der Waals surface area contributed by atoms with Gasteiger partial charge in [0.1, 0.15) is 6.04 Å². The number of nitrogens with zero attached hydrogens (tertiary/aromatic N) is 1. The quantitative estimate of drug-likeness (QED) is 0.509. The Morgan fingerprint density at radius 2 is 1.94 bits per heavy atom. The molecule has 36 heavy (non-hydrogen) atoms. The number of fused-ring (bicyclic) bond motifs is 1. The summed E-state index contributed by atoms with van der Waals surface area (Å²) in [6.07, 6.45) is 1.75. The van der Waals surface area contributed by atoms with Crippen molar-refractivity contribution in [2.24, 2.45) is 11.8 Å². The van der Waals surface area contributed by atoms with Crippen LogP contribution in [0.15, 0.2) is 54.6 Å². The molecule has 5 rings (SSSR count). The van der Waals surface area contributed by atoms with Gasteiger partial charge in [0.2, 0.25) is 11.8 Å². The lowest BCUT2D eigenvalue weighted by Gasteiger charge is -2.37. The average Bonchev–Trinajstić information content (AvgIpc) is 3.52. The molecule has 2 N–H and O–H groups in total. The molecule has 0 aromatic heterocycles. The predicted molar refractivity (Wildman–Crippen MR) is 139 cm³/mol. The van der Waals surface area contributed by atoms with E-state index in [0.29, 0.717) is 23.6 Å². The van der Waals surface area contributed by atoms with Crippen LogP contribution >= 0.6 is 23.4 Å². The molecule has 2 bridgehead atoms. The molecular weight excluding hydrogens is 500 g/mol. The van der Waals surface area contributed by atoms with Crippen LogP contribution in [0.2, 0.25) is 5.02 Å². The summed E-state index contributed by atoms with van der Waals surface area (Å²) in [4.78, 5) is 42.6. The molecule has 190 valence electrons. The van der Waals surface area contributed by atoms with Gasteiger partial charge in [-0.1, -0.05) is 54.1 Å². The minimum Gasteiger partial charge on any atom is -0.466 e. The number of hydrogen-bond acceptors (Lipinski definition) is 6. The number of nitrogens with one attached hydrogen (secondary N) is 1. The third-order valence-corrected chi connectivity index (χ3v) is 9.88. The van der Waals surface area contributed by atoms with E-state index < -0.39 is 28.7 Å². The summed E-state index contributed by atoms with van der Waals surface area (Å²) >= 11 is 7.89. The molecule has 3 heterocycles. The molecule has 2 aromatic rings. The Bertz CT molecular complexity index is 1160. The highest BCUT2D eigenvalue weighted by Gasteiger charge is 2.74. The standard InChI is InChI=1S/C27H29ClN2O5S/c1-2-35-26(34)21-20-12-13-27(36-20)22(21)25(33)30(17(15-31)14-16-8-4-3-5-9-16)23(27)24(32)29-19-11-7-6-10-18(19)28/h3-11,17,20-23,31H,2,12-15H2,1H3,(H,29,32)/t17-,20-,21+,22+,23?,27?/m1/s1. The average molecular weight is 529 g/mol. The van der Waals surface area contributed by atoms with Gasteiger partial charge in [0.05, 0.1) is 46.5 Å². The van der Waals surface area contributed by atoms with Crippen molar-refractivity contribution >= 4 is 46.8 Å². The summed E-state index contributed by atoms with van der Waals surface area (Å²) in [6.45, 7) is 1.67. The summed E-state index contributed by atoms with van der Waals surface area (Å²) in [5.74, 6) is -2.29. The highest BCUT2D eigenvalue weighted by Crippen LogP contribution is 2.66. The number of para-hydroxylation sites is 1. The predicted octanol–water partition coefficient (Wildman–Crippen LogP) is 3.54. The van der Waals surface area contributed by atoms with Crippen LogP contribution in [0.3, 0.4) is 0 Å². The molecule has 3 aliphatic rings. The molecule has 7 nitrogen and oxygen atoms in total. The third kappa shape index (κ3) is 4.09. The SMILES string of the molecule is CCOC(=O)[C@@H]1[C@H]2C(=O)N([C@@H](CO)Cc3ccccc3)C(C(=O)Nc3ccccc3Cl)C23CC[C@H]1S3. The zero-order chi connectivity index (χ0) is 25.4. The van der Waals surface area contributed by atoms with E-state index >= 15 is 0 Å². The number of hydrogen-bond donors (Lipinski definition) is 2. The van der Waals surface area contributed by atoms with Crippen molar-refractivity contribution < 1.29 is 24.2 Å². The number of benzene rings is 2. The van der Waals surface area contributed by atoms with Crippen LogP contribution in [0.25, 0.3) is 0 Å². The van der Waals surface area contributed by atoms with Crippen molar-refractivity contribution in [2.45, 2.75) is 48.3 Å². The van der Waals surface area contributed by atoms with Crippen LogP contribution in [0.4, 0.5) is 5.69 Å². The molecule has 6 atom stereocenters. The maximum absolute atomic E-state index is 14.1. The molecule has 0 saturated carbocycles. The molecule has 3 fully saturated rings. The van der Waals surface area contributed by atoms with Crippen molar-refractivity contribution in [3.63, 3.8) is 0 Å². The van der Waals surface area contributed by atoms with Gasteiger partial charge in [-0.2, -0.15) is 0 Å². The Hall–Kier alpha value is -2.55. The number of rotatable bonds is 8. The van der Waals surface area contributed by atoms with Crippen LogP contribution in [0, 0.1) is 11.8 Å². The van der Waals surface area contributed by atoms with Crippen molar-refractivity contribution in [3.8, 4) is 0 Å². The number of carbonyl (C=O) groups excluding carboxylic acids is 3. The van der Waals surface area contributed by atoms with Crippen molar-refractivity contribution in [1.29, 1.82) is 0 Å². The number of aliphatic hydroxyl groups is 1. The number of carbonyl (C=O) groups is 3. The van der Waals surface area contributed by atoms with Crippen molar-refractivity contribution in [2.75, 3.05) is 18.5 Å². The van der Waals surface area contributed by atoms with Crippen LogP contribution < -0.4 is 5.32 Å². The molecule has 3 aliphatic heterocycles. The van der Waals surface area contributed by atoms with E-state index in [1.54, 1.807) is 47.9 Å². The van der Waals surface area contributed by atoms with E-state index in [1.165, 1.54) is 0 Å². The fraction of sp³-hybridized carbons (Fsp3) is 0.444. The summed E-state index contributed by atoms with van der Waals surface area (Å²) in [6, 6.07) is 15.0. The van der Waals surface area contributed by atoms with Crippen LogP contribution in [0.5, 0.6) is 0 Å². The molecule has 0 radical (unpaired) electrons. The molecule has 2 unspecified atom stereocenters. The Labute approximate surface area is 219 Å². The number of likely N-dealkylation sites (tertiary alicyclic amines) is 1. The van der Waals surface area contributed by atoms with Crippen LogP contribution in [0.1, 0.15) is 25.3 Å². The van der Waals surface area contributed by atoms with E-state index in [0.717, 1.165) is 12.0 Å². The van der Waals surface area contributed by atoms with Gasteiger partial charge in [-0.15, -0.1) is 11.8 Å². The van der Waals surface area contributed by atoms with Gasteiger partial charge in [-0.25, -0.2) is 0 Å². The van der Waals surface area contributed by atoms with E-state index in [1.807, 2.05) is 30.3 Å². The molecule has 1 spiro atoms. The fourth-order valence-corrected chi connectivity index (χ4v) is 8.57. The van der Waals surface area contributed by atoms with Crippen molar-refractivity contribution in [3.05, 3.63) is 65.2 Å². The maximum atomic E-state index is 14.1. The highest BCUT2D eigenvalue weighted by atomic mass is 35.5. The monoisotopic (exact) mass is 528 g/mol. The second kappa shape index (κ2) is 10.1. The first kappa shape index (κ1) is 25.1. The van der Waals surface area contributed by atoms with Gasteiger partial charge >= 0.3 is 5.97 Å². The lowest BCUT2D eigenvalue weighted by Crippen LogP contribution is -2.55. The van der Waals surface area contributed by atoms with Gasteiger partial charge in [-0.05, 0) is 43.9 Å². The molecule has 2 amide bonds. The first-order valence-electron chi connectivity index (χ1n) is 12.3. The topological polar surface area (TPSA) is 95.9 Å². The zero-order valence-electron chi connectivity index (χ0n) is 19.9. The Balaban J connectivity index is 1.55. The molecular formula is C27H29ClN2O5S. The van der Waals surface area contributed by atoms with E-state index in [-0.39, 0.29) is 36.2 Å². The molecule has 2 aromatic carbocycles. The Morgan fingerprint density at radius 1 is 1.22 bits per heavy atom. The molecule has 0 aliphatic carbocycles. The van der Waals surface area contributed by atoms with Gasteiger partial charge in [-0.3, -0.25) is 14.4 Å². The largest absolute Gasteiger partial charge is 0.466 e. The number of esters is 1. The summed E-state index contributed by atoms with van der Waals surface area (Å²) in [5.41, 5.74) is 1.41. The maximum Gasteiger partial charge on any atom is 0.310 e. The number of aliphatic hydroxyl groups excluding tert-OH is 1. The van der Waals surface area contributed by atoms with Crippen LogP contribution in [-0.2, 0) is 25.5 Å². The number of amides is 2. The van der Waals surface area contributed by atoms with Gasteiger partial charge in [0.25, 0.3) is 0 Å². The lowest BCUT2D eigenvalue weighted by atomic mass is 9.71. The number of ether oxygens (including phenoxy) is 1. The first-order chi connectivity index (χ1) is 17.4. The van der Waals surface area contributed by atoms with Crippen LogP contribution in [-0.4, -0.2) is 63.1 Å². The van der Waals surface area contributed by atoms with Gasteiger partial charge in [0.15, 0.2) is 0 Å². The van der Waals surface area contributed by atoms with Gasteiger partial charge in [0, 0.05) is 5.25 Å². The van der Waals surface area contributed by atoms with E-state index in [2.05, 4.69) is 5.32 Å². The molecule has 9 heteroatoms. The molecule has 3 saturated heterocycles. The number of halogens is 1. The highest BCUT2D eigenvalue weighted by molar-refractivity contribution is 8.02. The Kier molecular flexibility index (Phi) is 7.03. The number of anilines is 1. The fourth-order valence-electron chi connectivity index (χ4n) is 6.19. The van der Waals surface area contributed by atoms with Crippen molar-refractivity contribution in [1.82, 2.24) is 4.90 Å². The lowest BCUT2D eigenvalue weighted by molar-refractivity contribution is -0.154. The summed E-state index contributed by atoms with van der Waals surface area (Å²) < 4.78 is 4.60. The summed E-state index contributed by atoms with van der Waals surface area (Å²) in [5, 5.41) is 13.7. The number of thioether (sulfide) groups is 1. The second-order valence-electron chi connectivity index (χ2n) is 9.55. The smallest absolute Gasteiger partial charge is 0.310 e. The van der Waals surface area contributed by atoms with E-state index in [9.17, 15) is 19.5 Å². The first-order valence-corrected chi connectivity index (χ1v) is 13.5. The summed E-state index contributed by atoms with van der Waals surface area (Å²) in [7, 11) is 0.